The minimum absolute atomic E-state index is 0.132. The van der Waals surface area contributed by atoms with Crippen LogP contribution < -0.4 is 0 Å². The van der Waals surface area contributed by atoms with Gasteiger partial charge in [-0.3, -0.25) is 9.67 Å². The fourth-order valence-corrected chi connectivity index (χ4v) is 2.97. The number of nitrogens with zero attached hydrogens (tertiary/aromatic N) is 4. The van der Waals surface area contributed by atoms with Crippen LogP contribution in [0.15, 0.2) is 41.7 Å². The zero-order valence-electron chi connectivity index (χ0n) is 12.5. The van der Waals surface area contributed by atoms with Gasteiger partial charge in [0.05, 0.1) is 6.20 Å². The Hall–Kier alpha value is -1.73. The van der Waals surface area contributed by atoms with Gasteiger partial charge in [0, 0.05) is 44.1 Å². The molecule has 0 aliphatic heterocycles. The van der Waals surface area contributed by atoms with Gasteiger partial charge >= 0.3 is 0 Å². The molecule has 0 spiro atoms. The molecule has 7 heteroatoms. The summed E-state index contributed by atoms with van der Waals surface area (Å²) in [7, 11) is -1.93. The van der Waals surface area contributed by atoms with E-state index in [4.69, 9.17) is 0 Å². The van der Waals surface area contributed by atoms with Gasteiger partial charge in [0.2, 0.25) is 10.0 Å². The smallest absolute Gasteiger partial charge is 0.245 e. The van der Waals surface area contributed by atoms with E-state index in [1.807, 2.05) is 32.0 Å². The number of aromatic nitrogens is 3. The number of hydrogen-bond acceptors (Lipinski definition) is 4. The van der Waals surface area contributed by atoms with E-state index in [9.17, 15) is 8.42 Å². The summed E-state index contributed by atoms with van der Waals surface area (Å²) in [5, 5.41) is 4.08. The first-order valence-electron chi connectivity index (χ1n) is 6.81. The Balaban J connectivity index is 2.07. The molecule has 0 aliphatic rings. The maximum Gasteiger partial charge on any atom is 0.245 e. The Kier molecular flexibility index (Phi) is 4.74. The van der Waals surface area contributed by atoms with Crippen LogP contribution in [0.2, 0.25) is 0 Å². The Morgan fingerprint density at radius 1 is 1.33 bits per heavy atom. The van der Waals surface area contributed by atoms with Crippen molar-refractivity contribution in [2.45, 2.75) is 31.2 Å². The fraction of sp³-hybridized carbons (Fsp3) is 0.429. The molecule has 0 unspecified atom stereocenters. The highest BCUT2D eigenvalue weighted by molar-refractivity contribution is 7.89. The van der Waals surface area contributed by atoms with Crippen molar-refractivity contribution in [1.82, 2.24) is 19.1 Å². The second-order valence-corrected chi connectivity index (χ2v) is 7.19. The third-order valence-corrected chi connectivity index (χ3v) is 5.03. The van der Waals surface area contributed by atoms with Crippen molar-refractivity contribution < 1.29 is 8.42 Å². The summed E-state index contributed by atoms with van der Waals surface area (Å²) < 4.78 is 27.9. The van der Waals surface area contributed by atoms with Gasteiger partial charge in [0.1, 0.15) is 4.90 Å². The fourth-order valence-electron chi connectivity index (χ4n) is 1.85. The largest absolute Gasteiger partial charge is 0.269 e. The Morgan fingerprint density at radius 2 is 2.10 bits per heavy atom. The van der Waals surface area contributed by atoms with E-state index in [-0.39, 0.29) is 10.9 Å². The Bertz CT molecular complexity index is 680. The topological polar surface area (TPSA) is 68.1 Å². The molecule has 0 saturated heterocycles. The van der Waals surface area contributed by atoms with Crippen LogP contribution in [0.4, 0.5) is 0 Å². The SMILES string of the molecule is CC(C)n1cc(S(=O)(=O)N(C)CCc2ccccn2)cn1. The normalized spacial score (nSPS) is 12.2. The van der Waals surface area contributed by atoms with Crippen molar-refractivity contribution >= 4 is 10.0 Å². The first-order chi connectivity index (χ1) is 9.91. The van der Waals surface area contributed by atoms with Crippen molar-refractivity contribution in [1.29, 1.82) is 0 Å². The highest BCUT2D eigenvalue weighted by Gasteiger charge is 2.22. The molecular formula is C14H20N4O2S. The summed E-state index contributed by atoms with van der Waals surface area (Å²) in [6.45, 7) is 4.29. The lowest BCUT2D eigenvalue weighted by molar-refractivity contribution is 0.470. The van der Waals surface area contributed by atoms with Crippen LogP contribution in [0.3, 0.4) is 0 Å². The second kappa shape index (κ2) is 6.36. The summed E-state index contributed by atoms with van der Waals surface area (Å²) in [4.78, 5) is 4.42. The number of rotatable bonds is 6. The minimum Gasteiger partial charge on any atom is -0.269 e. The van der Waals surface area contributed by atoms with Gasteiger partial charge in [-0.1, -0.05) is 6.07 Å². The summed E-state index contributed by atoms with van der Waals surface area (Å²) in [5.74, 6) is 0. The number of pyridine rings is 1. The lowest BCUT2D eigenvalue weighted by Crippen LogP contribution is -2.29. The molecule has 2 aromatic rings. The van der Waals surface area contributed by atoms with E-state index < -0.39 is 10.0 Å². The molecule has 114 valence electrons. The molecule has 0 fully saturated rings. The molecule has 2 aromatic heterocycles. The van der Waals surface area contributed by atoms with Crippen LogP contribution >= 0.6 is 0 Å². The lowest BCUT2D eigenvalue weighted by atomic mass is 10.3. The van der Waals surface area contributed by atoms with E-state index in [2.05, 4.69) is 10.1 Å². The van der Waals surface area contributed by atoms with Crippen LogP contribution in [0.5, 0.6) is 0 Å². The van der Waals surface area contributed by atoms with E-state index in [1.165, 1.54) is 10.5 Å². The van der Waals surface area contributed by atoms with Gasteiger partial charge < -0.3 is 0 Å². The predicted molar refractivity (Wildman–Crippen MR) is 80.4 cm³/mol. The summed E-state index contributed by atoms with van der Waals surface area (Å²) in [6, 6.07) is 5.75. The molecule has 0 aromatic carbocycles. The number of hydrogen-bond donors (Lipinski definition) is 0. The van der Waals surface area contributed by atoms with Gasteiger partial charge in [-0.05, 0) is 26.0 Å². The quantitative estimate of drug-likeness (QED) is 0.815. The van der Waals surface area contributed by atoms with Crippen LogP contribution in [-0.4, -0.2) is 41.1 Å². The van der Waals surface area contributed by atoms with E-state index in [0.29, 0.717) is 13.0 Å². The molecule has 2 heterocycles. The molecule has 0 amide bonds. The van der Waals surface area contributed by atoms with Gasteiger partial charge in [-0.2, -0.15) is 5.10 Å². The first-order valence-corrected chi connectivity index (χ1v) is 8.25. The molecule has 0 radical (unpaired) electrons. The monoisotopic (exact) mass is 308 g/mol. The van der Waals surface area contributed by atoms with E-state index in [0.717, 1.165) is 5.69 Å². The molecule has 6 nitrogen and oxygen atoms in total. The molecule has 21 heavy (non-hydrogen) atoms. The standard InChI is InChI=1S/C14H20N4O2S/c1-12(2)18-11-14(10-16-18)21(19,20)17(3)9-7-13-6-4-5-8-15-13/h4-6,8,10-12H,7,9H2,1-3H3. The molecule has 0 aliphatic carbocycles. The summed E-state index contributed by atoms with van der Waals surface area (Å²) in [6.07, 6.45) is 5.25. The van der Waals surface area contributed by atoms with Crippen LogP contribution in [0, 0.1) is 0 Å². The number of sulfonamides is 1. The zero-order valence-corrected chi connectivity index (χ0v) is 13.3. The molecule has 0 atom stereocenters. The van der Waals surface area contributed by atoms with Crippen molar-refractivity contribution in [2.24, 2.45) is 0 Å². The lowest BCUT2D eigenvalue weighted by Gasteiger charge is -2.15. The number of likely N-dealkylation sites (N-methyl/N-ethyl adjacent to an activating group) is 1. The second-order valence-electron chi connectivity index (χ2n) is 5.15. The van der Waals surface area contributed by atoms with E-state index >= 15 is 0 Å². The Morgan fingerprint density at radius 3 is 2.67 bits per heavy atom. The average Bonchev–Trinajstić information content (AvgIpc) is 2.96. The van der Waals surface area contributed by atoms with Gasteiger partial charge in [0.25, 0.3) is 0 Å². The van der Waals surface area contributed by atoms with Crippen molar-refractivity contribution in [3.63, 3.8) is 0 Å². The molecule has 0 saturated carbocycles. The molecule has 0 bridgehead atoms. The third-order valence-electron chi connectivity index (χ3n) is 3.22. The average molecular weight is 308 g/mol. The maximum atomic E-state index is 12.4. The first kappa shape index (κ1) is 15.7. The van der Waals surface area contributed by atoms with Gasteiger partial charge in [-0.15, -0.1) is 0 Å². The van der Waals surface area contributed by atoms with Crippen LogP contribution in [-0.2, 0) is 16.4 Å². The predicted octanol–water partition coefficient (Wildman–Crippen LogP) is 1.72. The highest BCUT2D eigenvalue weighted by Crippen LogP contribution is 2.15. The molecule has 0 N–H and O–H groups in total. The Labute approximate surface area is 125 Å². The zero-order chi connectivity index (χ0) is 15.5. The summed E-state index contributed by atoms with van der Waals surface area (Å²) >= 11 is 0. The highest BCUT2D eigenvalue weighted by atomic mass is 32.2. The maximum absolute atomic E-state index is 12.4. The molecular weight excluding hydrogens is 288 g/mol. The minimum atomic E-state index is -3.50. The van der Waals surface area contributed by atoms with Gasteiger partial charge in [-0.25, -0.2) is 12.7 Å². The summed E-state index contributed by atoms with van der Waals surface area (Å²) in [5.41, 5.74) is 0.873. The van der Waals surface area contributed by atoms with E-state index in [1.54, 1.807) is 24.1 Å². The third kappa shape index (κ3) is 3.68. The van der Waals surface area contributed by atoms with Crippen molar-refractivity contribution in [3.8, 4) is 0 Å². The molecule has 2 rings (SSSR count). The van der Waals surface area contributed by atoms with Crippen molar-refractivity contribution in [2.75, 3.05) is 13.6 Å². The van der Waals surface area contributed by atoms with Crippen LogP contribution in [0.25, 0.3) is 0 Å². The van der Waals surface area contributed by atoms with Crippen LogP contribution in [0.1, 0.15) is 25.6 Å². The van der Waals surface area contributed by atoms with Gasteiger partial charge in [0.15, 0.2) is 0 Å². The van der Waals surface area contributed by atoms with Crippen molar-refractivity contribution in [3.05, 3.63) is 42.5 Å².